The molecule has 1 N–H and O–H groups in total. The van der Waals surface area contributed by atoms with Crippen LogP contribution >= 0.6 is 0 Å². The topological polar surface area (TPSA) is 83.2 Å². The normalized spacial score (nSPS) is 8.92. The van der Waals surface area contributed by atoms with E-state index in [1.807, 2.05) is 0 Å². The molecule has 1 aromatic rings. The maximum atomic E-state index is 10.5. The van der Waals surface area contributed by atoms with E-state index in [2.05, 4.69) is 4.98 Å². The van der Waals surface area contributed by atoms with Crippen LogP contribution in [0.2, 0.25) is 0 Å². The Balaban J connectivity index is 3.23. The van der Waals surface area contributed by atoms with Gasteiger partial charge in [-0.2, -0.15) is 5.26 Å². The molecule has 0 aliphatic heterocycles. The van der Waals surface area contributed by atoms with Crippen LogP contribution in [0.4, 0.5) is 0 Å². The van der Waals surface area contributed by atoms with Gasteiger partial charge in [-0.3, -0.25) is 0 Å². The SMILES string of the molecule is COc1ncc(C(=O)O)cc1C#N. The third-order valence-electron chi connectivity index (χ3n) is 1.41. The van der Waals surface area contributed by atoms with Gasteiger partial charge >= 0.3 is 5.97 Å². The summed E-state index contributed by atoms with van der Waals surface area (Å²) in [6, 6.07) is 3.01. The standard InChI is InChI=1S/C8H6N2O3/c1-13-7-5(3-9)2-6(4-10-7)8(11)12/h2,4H,1H3,(H,11,12). The van der Waals surface area contributed by atoms with E-state index >= 15 is 0 Å². The van der Waals surface area contributed by atoms with E-state index in [0.717, 1.165) is 6.20 Å². The fraction of sp³-hybridized carbons (Fsp3) is 0.125. The smallest absolute Gasteiger partial charge is 0.337 e. The summed E-state index contributed by atoms with van der Waals surface area (Å²) in [5, 5.41) is 17.2. The van der Waals surface area contributed by atoms with E-state index in [9.17, 15) is 4.79 Å². The summed E-state index contributed by atoms with van der Waals surface area (Å²) in [5.74, 6) is -0.987. The van der Waals surface area contributed by atoms with Gasteiger partial charge in [0.15, 0.2) is 0 Å². The van der Waals surface area contributed by atoms with Gasteiger partial charge in [0.05, 0.1) is 12.7 Å². The molecule has 0 aromatic carbocycles. The minimum absolute atomic E-state index is 0.0302. The van der Waals surface area contributed by atoms with Crippen molar-refractivity contribution >= 4 is 5.97 Å². The fourth-order valence-electron chi connectivity index (χ4n) is 0.812. The lowest BCUT2D eigenvalue weighted by molar-refractivity contribution is 0.0696. The first-order valence-corrected chi connectivity index (χ1v) is 3.36. The summed E-state index contributed by atoms with van der Waals surface area (Å²) < 4.78 is 4.74. The molecule has 0 aliphatic carbocycles. The zero-order valence-electron chi connectivity index (χ0n) is 6.81. The molecule has 0 atom stereocenters. The predicted molar refractivity (Wildman–Crippen MR) is 42.5 cm³/mol. The van der Waals surface area contributed by atoms with Crippen LogP contribution in [0, 0.1) is 11.3 Å². The van der Waals surface area contributed by atoms with E-state index in [-0.39, 0.29) is 17.0 Å². The third kappa shape index (κ3) is 1.73. The Morgan fingerprint density at radius 3 is 2.92 bits per heavy atom. The van der Waals surface area contributed by atoms with Gasteiger partial charge in [-0.25, -0.2) is 9.78 Å². The highest BCUT2D eigenvalue weighted by atomic mass is 16.5. The molecule has 0 unspecified atom stereocenters. The Morgan fingerprint density at radius 2 is 2.46 bits per heavy atom. The van der Waals surface area contributed by atoms with Gasteiger partial charge < -0.3 is 9.84 Å². The molecule has 0 saturated heterocycles. The van der Waals surface area contributed by atoms with Gasteiger partial charge in [0.1, 0.15) is 11.6 Å². The monoisotopic (exact) mass is 178 g/mol. The van der Waals surface area contributed by atoms with Crippen molar-refractivity contribution in [1.82, 2.24) is 4.98 Å². The molecule has 0 aliphatic rings. The largest absolute Gasteiger partial charge is 0.480 e. The molecular weight excluding hydrogens is 172 g/mol. The number of carboxylic acid groups (broad SMARTS) is 1. The second kappa shape index (κ2) is 3.54. The number of methoxy groups -OCH3 is 1. The minimum atomic E-state index is -1.12. The molecule has 0 spiro atoms. The Labute approximate surface area is 74.2 Å². The van der Waals surface area contributed by atoms with Gasteiger partial charge in [0.25, 0.3) is 0 Å². The number of aromatic carboxylic acids is 1. The predicted octanol–water partition coefficient (Wildman–Crippen LogP) is 0.660. The van der Waals surface area contributed by atoms with Crippen LogP contribution in [0.5, 0.6) is 5.88 Å². The molecule has 0 bridgehead atoms. The number of pyridine rings is 1. The quantitative estimate of drug-likeness (QED) is 0.719. The van der Waals surface area contributed by atoms with Crippen molar-refractivity contribution in [3.63, 3.8) is 0 Å². The van der Waals surface area contributed by atoms with Crippen molar-refractivity contribution in [2.75, 3.05) is 7.11 Å². The lowest BCUT2D eigenvalue weighted by Crippen LogP contribution is -2.00. The number of nitriles is 1. The number of ether oxygens (including phenoxy) is 1. The molecule has 5 heteroatoms. The Hall–Kier alpha value is -2.09. The Morgan fingerprint density at radius 1 is 1.77 bits per heavy atom. The van der Waals surface area contributed by atoms with Gasteiger partial charge in [-0.1, -0.05) is 0 Å². The maximum Gasteiger partial charge on any atom is 0.337 e. The van der Waals surface area contributed by atoms with Crippen molar-refractivity contribution in [3.8, 4) is 11.9 Å². The first-order chi connectivity index (χ1) is 6.19. The van der Waals surface area contributed by atoms with Crippen molar-refractivity contribution in [3.05, 3.63) is 23.4 Å². The van der Waals surface area contributed by atoms with Crippen molar-refractivity contribution in [2.45, 2.75) is 0 Å². The van der Waals surface area contributed by atoms with E-state index in [4.69, 9.17) is 15.1 Å². The highest BCUT2D eigenvalue weighted by Crippen LogP contribution is 2.14. The Bertz CT molecular complexity index is 381. The average molecular weight is 178 g/mol. The number of nitrogens with zero attached hydrogens (tertiary/aromatic N) is 2. The number of carbonyl (C=O) groups is 1. The average Bonchev–Trinajstić information content (AvgIpc) is 2.16. The minimum Gasteiger partial charge on any atom is -0.480 e. The van der Waals surface area contributed by atoms with Crippen molar-refractivity contribution in [1.29, 1.82) is 5.26 Å². The summed E-state index contributed by atoms with van der Waals surface area (Å²) in [7, 11) is 1.36. The van der Waals surface area contributed by atoms with Crippen LogP contribution in [-0.2, 0) is 0 Å². The number of hydrogen-bond donors (Lipinski definition) is 1. The second-order valence-corrected chi connectivity index (χ2v) is 2.20. The second-order valence-electron chi connectivity index (χ2n) is 2.20. The number of hydrogen-bond acceptors (Lipinski definition) is 4. The zero-order chi connectivity index (χ0) is 9.84. The highest BCUT2D eigenvalue weighted by molar-refractivity contribution is 5.87. The highest BCUT2D eigenvalue weighted by Gasteiger charge is 2.09. The summed E-state index contributed by atoms with van der Waals surface area (Å²) >= 11 is 0. The summed E-state index contributed by atoms with van der Waals surface area (Å²) in [5.41, 5.74) is 0.0831. The van der Waals surface area contributed by atoms with Gasteiger partial charge in [0.2, 0.25) is 5.88 Å². The summed E-state index contributed by atoms with van der Waals surface area (Å²) in [6.07, 6.45) is 1.14. The van der Waals surface area contributed by atoms with Crippen LogP contribution in [0.15, 0.2) is 12.3 Å². The molecular formula is C8H6N2O3. The van der Waals surface area contributed by atoms with Gasteiger partial charge in [-0.15, -0.1) is 0 Å². The zero-order valence-corrected chi connectivity index (χ0v) is 6.81. The lowest BCUT2D eigenvalue weighted by atomic mass is 10.2. The number of rotatable bonds is 2. The van der Waals surface area contributed by atoms with Crippen LogP contribution in [0.1, 0.15) is 15.9 Å². The van der Waals surface area contributed by atoms with Crippen LogP contribution in [-0.4, -0.2) is 23.2 Å². The molecule has 13 heavy (non-hydrogen) atoms. The molecule has 1 aromatic heterocycles. The van der Waals surface area contributed by atoms with Crippen molar-refractivity contribution in [2.24, 2.45) is 0 Å². The molecule has 0 amide bonds. The maximum absolute atomic E-state index is 10.5. The summed E-state index contributed by atoms with van der Waals surface area (Å²) in [4.78, 5) is 14.1. The van der Waals surface area contributed by atoms with E-state index in [0.29, 0.717) is 0 Å². The first-order valence-electron chi connectivity index (χ1n) is 3.36. The van der Waals surface area contributed by atoms with Gasteiger partial charge in [-0.05, 0) is 6.07 Å². The molecule has 0 radical (unpaired) electrons. The number of carboxylic acids is 1. The summed E-state index contributed by atoms with van der Waals surface area (Å²) in [6.45, 7) is 0. The van der Waals surface area contributed by atoms with E-state index in [1.54, 1.807) is 6.07 Å². The Kier molecular flexibility index (Phi) is 2.45. The van der Waals surface area contributed by atoms with Crippen LogP contribution in [0.3, 0.4) is 0 Å². The number of aromatic nitrogens is 1. The van der Waals surface area contributed by atoms with Crippen LogP contribution in [0.25, 0.3) is 0 Å². The molecule has 0 saturated carbocycles. The van der Waals surface area contributed by atoms with E-state index < -0.39 is 5.97 Å². The molecule has 66 valence electrons. The molecule has 0 fully saturated rings. The van der Waals surface area contributed by atoms with Crippen LogP contribution < -0.4 is 4.74 Å². The van der Waals surface area contributed by atoms with E-state index in [1.165, 1.54) is 13.2 Å². The first kappa shape index (κ1) is 9.00. The molecule has 5 nitrogen and oxygen atoms in total. The lowest BCUT2D eigenvalue weighted by Gasteiger charge is -2.00. The molecule has 1 rings (SSSR count). The fourth-order valence-corrected chi connectivity index (χ4v) is 0.812. The van der Waals surface area contributed by atoms with Crippen molar-refractivity contribution < 1.29 is 14.6 Å². The third-order valence-corrected chi connectivity index (χ3v) is 1.41. The molecule has 1 heterocycles. The van der Waals surface area contributed by atoms with Gasteiger partial charge in [0, 0.05) is 6.20 Å².